The highest BCUT2D eigenvalue weighted by atomic mass is 14.9. The van der Waals surface area contributed by atoms with Crippen molar-refractivity contribution in [3.05, 3.63) is 0 Å². The third-order valence-corrected chi connectivity index (χ3v) is 2.89. The molecule has 1 saturated heterocycles. The van der Waals surface area contributed by atoms with Crippen molar-refractivity contribution in [1.82, 2.24) is 5.32 Å². The van der Waals surface area contributed by atoms with Crippen LogP contribution in [0.5, 0.6) is 0 Å². The van der Waals surface area contributed by atoms with Gasteiger partial charge in [-0.3, -0.25) is 0 Å². The fourth-order valence-corrected chi connectivity index (χ4v) is 1.91. The lowest BCUT2D eigenvalue weighted by Crippen LogP contribution is -2.45. The summed E-state index contributed by atoms with van der Waals surface area (Å²) in [6.07, 6.45) is 2.50. The third-order valence-electron chi connectivity index (χ3n) is 2.89. The average Bonchev–Trinajstić information content (AvgIpc) is 2.03. The van der Waals surface area contributed by atoms with Crippen molar-refractivity contribution in [3.63, 3.8) is 0 Å². The Labute approximate surface area is 75.9 Å². The monoisotopic (exact) mass is 170 g/mol. The first kappa shape index (κ1) is 10.0. The second-order valence-corrected chi connectivity index (χ2v) is 4.98. The molecule has 1 unspecified atom stereocenters. The summed E-state index contributed by atoms with van der Waals surface area (Å²) in [6.45, 7) is 9.00. The second kappa shape index (κ2) is 3.75. The van der Waals surface area contributed by atoms with Crippen molar-refractivity contribution in [1.29, 1.82) is 0 Å². The summed E-state index contributed by atoms with van der Waals surface area (Å²) < 4.78 is 0. The number of piperidine rings is 1. The Bertz CT molecular complexity index is 131. The van der Waals surface area contributed by atoms with Gasteiger partial charge in [0.05, 0.1) is 0 Å². The van der Waals surface area contributed by atoms with Crippen LogP contribution in [0.15, 0.2) is 0 Å². The zero-order chi connectivity index (χ0) is 9.19. The molecule has 1 aliphatic heterocycles. The molecule has 1 rings (SSSR count). The molecule has 0 amide bonds. The summed E-state index contributed by atoms with van der Waals surface area (Å²) in [6, 6.07) is 0.361. The Kier molecular flexibility index (Phi) is 3.13. The molecule has 0 saturated carbocycles. The van der Waals surface area contributed by atoms with E-state index in [-0.39, 0.29) is 5.41 Å². The molecule has 1 fully saturated rings. The first-order chi connectivity index (χ1) is 5.52. The molecule has 0 bridgehead atoms. The van der Waals surface area contributed by atoms with Crippen molar-refractivity contribution in [2.24, 2.45) is 17.1 Å². The highest BCUT2D eigenvalue weighted by Crippen LogP contribution is 2.28. The van der Waals surface area contributed by atoms with Crippen LogP contribution in [0.25, 0.3) is 0 Å². The molecular formula is C10H22N2. The molecule has 72 valence electrons. The van der Waals surface area contributed by atoms with Gasteiger partial charge in [0.2, 0.25) is 0 Å². The molecule has 2 nitrogen and oxygen atoms in total. The lowest BCUT2D eigenvalue weighted by molar-refractivity contribution is 0.200. The zero-order valence-corrected chi connectivity index (χ0v) is 8.56. The number of nitrogens with one attached hydrogen (secondary N) is 1. The van der Waals surface area contributed by atoms with Gasteiger partial charge in [-0.1, -0.05) is 20.8 Å². The Balaban J connectivity index is 2.45. The van der Waals surface area contributed by atoms with Gasteiger partial charge in [-0.2, -0.15) is 0 Å². The molecule has 12 heavy (non-hydrogen) atoms. The lowest BCUT2D eigenvalue weighted by atomic mass is 9.76. The van der Waals surface area contributed by atoms with E-state index in [1.807, 2.05) is 0 Å². The maximum absolute atomic E-state index is 6.20. The van der Waals surface area contributed by atoms with Crippen molar-refractivity contribution >= 4 is 0 Å². The molecule has 2 heteroatoms. The van der Waals surface area contributed by atoms with E-state index < -0.39 is 0 Å². The molecule has 0 aliphatic carbocycles. The molecule has 1 aliphatic rings. The number of hydrogen-bond donors (Lipinski definition) is 2. The van der Waals surface area contributed by atoms with E-state index in [2.05, 4.69) is 26.1 Å². The topological polar surface area (TPSA) is 38.0 Å². The van der Waals surface area contributed by atoms with Gasteiger partial charge in [-0.05, 0) is 37.3 Å². The molecule has 0 aromatic heterocycles. The van der Waals surface area contributed by atoms with Gasteiger partial charge >= 0.3 is 0 Å². The maximum atomic E-state index is 6.20. The quantitative estimate of drug-likeness (QED) is 0.623. The van der Waals surface area contributed by atoms with Gasteiger partial charge in [0, 0.05) is 6.04 Å². The number of rotatable bonds is 1. The summed E-state index contributed by atoms with van der Waals surface area (Å²) in [5, 5.41) is 3.37. The molecule has 0 spiro atoms. The van der Waals surface area contributed by atoms with E-state index in [0.29, 0.717) is 6.04 Å². The van der Waals surface area contributed by atoms with Crippen LogP contribution in [-0.4, -0.2) is 19.1 Å². The Hall–Kier alpha value is -0.0800. The Morgan fingerprint density at radius 1 is 1.25 bits per heavy atom. The minimum absolute atomic E-state index is 0.266. The van der Waals surface area contributed by atoms with Crippen molar-refractivity contribution < 1.29 is 0 Å². The van der Waals surface area contributed by atoms with E-state index in [4.69, 9.17) is 5.73 Å². The predicted molar refractivity (Wildman–Crippen MR) is 53.0 cm³/mol. The normalized spacial score (nSPS) is 24.0. The third kappa shape index (κ3) is 2.46. The van der Waals surface area contributed by atoms with Gasteiger partial charge in [0.25, 0.3) is 0 Å². The van der Waals surface area contributed by atoms with E-state index in [1.54, 1.807) is 0 Å². The smallest absolute Gasteiger partial charge is 0.0117 e. The largest absolute Gasteiger partial charge is 0.327 e. The second-order valence-electron chi connectivity index (χ2n) is 4.98. The molecule has 0 aromatic carbocycles. The van der Waals surface area contributed by atoms with Crippen LogP contribution < -0.4 is 11.1 Å². The van der Waals surface area contributed by atoms with Crippen LogP contribution in [0.1, 0.15) is 33.6 Å². The van der Waals surface area contributed by atoms with E-state index >= 15 is 0 Å². The van der Waals surface area contributed by atoms with Crippen LogP contribution in [-0.2, 0) is 0 Å². The summed E-state index contributed by atoms with van der Waals surface area (Å²) in [7, 11) is 0. The lowest BCUT2D eigenvalue weighted by Gasteiger charge is -2.36. The van der Waals surface area contributed by atoms with Crippen LogP contribution >= 0.6 is 0 Å². The van der Waals surface area contributed by atoms with Crippen LogP contribution in [0.2, 0.25) is 0 Å². The molecule has 0 aromatic rings. The fraction of sp³-hybridized carbons (Fsp3) is 1.00. The summed E-state index contributed by atoms with van der Waals surface area (Å²) in [4.78, 5) is 0. The van der Waals surface area contributed by atoms with E-state index in [0.717, 1.165) is 19.0 Å². The van der Waals surface area contributed by atoms with Gasteiger partial charge in [-0.25, -0.2) is 0 Å². The highest BCUT2D eigenvalue weighted by Gasteiger charge is 2.29. The zero-order valence-electron chi connectivity index (χ0n) is 8.56. The van der Waals surface area contributed by atoms with Gasteiger partial charge in [0.15, 0.2) is 0 Å². The molecule has 3 N–H and O–H groups in total. The maximum Gasteiger partial charge on any atom is 0.0117 e. The summed E-state index contributed by atoms with van der Waals surface area (Å²) in [5.41, 5.74) is 6.46. The van der Waals surface area contributed by atoms with Crippen molar-refractivity contribution in [2.75, 3.05) is 13.1 Å². The highest BCUT2D eigenvalue weighted by molar-refractivity contribution is 4.86. The first-order valence-electron chi connectivity index (χ1n) is 4.98. The van der Waals surface area contributed by atoms with Crippen LogP contribution in [0.3, 0.4) is 0 Å². The summed E-state index contributed by atoms with van der Waals surface area (Å²) in [5.74, 6) is 0.728. The minimum atomic E-state index is 0.266. The minimum Gasteiger partial charge on any atom is -0.327 e. The average molecular weight is 170 g/mol. The predicted octanol–water partition coefficient (Wildman–Crippen LogP) is 1.36. The first-order valence-corrected chi connectivity index (χ1v) is 4.98. The standard InChI is InChI=1S/C10H22N2/c1-10(2,3)9(11)8-4-6-12-7-5-8/h8-9,12H,4-7,11H2,1-3H3. The SMILES string of the molecule is CC(C)(C)C(N)C1CCNCC1. The van der Waals surface area contributed by atoms with Gasteiger partial charge in [0.1, 0.15) is 0 Å². The van der Waals surface area contributed by atoms with Crippen molar-refractivity contribution in [3.8, 4) is 0 Å². The number of hydrogen-bond acceptors (Lipinski definition) is 2. The van der Waals surface area contributed by atoms with Crippen molar-refractivity contribution in [2.45, 2.75) is 39.7 Å². The number of nitrogens with two attached hydrogens (primary N) is 1. The molecule has 1 atom stereocenters. The molecule has 1 heterocycles. The van der Waals surface area contributed by atoms with E-state index in [9.17, 15) is 0 Å². The molecule has 0 radical (unpaired) electrons. The van der Waals surface area contributed by atoms with Crippen LogP contribution in [0.4, 0.5) is 0 Å². The Morgan fingerprint density at radius 2 is 1.75 bits per heavy atom. The van der Waals surface area contributed by atoms with Crippen LogP contribution in [0, 0.1) is 11.3 Å². The van der Waals surface area contributed by atoms with E-state index in [1.165, 1.54) is 12.8 Å². The van der Waals surface area contributed by atoms with Gasteiger partial charge in [-0.15, -0.1) is 0 Å². The summed E-state index contributed by atoms with van der Waals surface area (Å²) >= 11 is 0. The Morgan fingerprint density at radius 3 is 2.17 bits per heavy atom. The fourth-order valence-electron chi connectivity index (χ4n) is 1.91. The molecular weight excluding hydrogens is 148 g/mol. The van der Waals surface area contributed by atoms with Gasteiger partial charge < -0.3 is 11.1 Å².